The number of hydrogen-bond donors (Lipinski definition) is 1. The summed E-state index contributed by atoms with van der Waals surface area (Å²) in [7, 11) is 0. The van der Waals surface area contributed by atoms with E-state index in [1.54, 1.807) is 0 Å². The minimum atomic E-state index is -0.204. The molecule has 1 unspecified atom stereocenters. The number of likely N-dealkylation sites (tertiary alicyclic amines) is 1. The fourth-order valence-electron chi connectivity index (χ4n) is 2.84. The lowest BCUT2D eigenvalue weighted by Gasteiger charge is -2.34. The van der Waals surface area contributed by atoms with Crippen LogP contribution in [0.5, 0.6) is 0 Å². The number of benzene rings is 1. The van der Waals surface area contributed by atoms with Crippen LogP contribution in [-0.2, 0) is 9.59 Å². The van der Waals surface area contributed by atoms with Crippen molar-refractivity contribution in [1.82, 2.24) is 4.90 Å². The van der Waals surface area contributed by atoms with Crippen molar-refractivity contribution in [2.75, 3.05) is 11.9 Å². The number of amides is 2. The van der Waals surface area contributed by atoms with E-state index in [9.17, 15) is 9.59 Å². The first-order valence-corrected chi connectivity index (χ1v) is 7.30. The van der Waals surface area contributed by atoms with Crippen LogP contribution in [0.25, 0.3) is 0 Å². The molecule has 0 aromatic heterocycles. The molecule has 106 valence electrons. The third kappa shape index (κ3) is 2.55. The quantitative estimate of drug-likeness (QED) is 0.918. The summed E-state index contributed by atoms with van der Waals surface area (Å²) in [4.78, 5) is 26.1. The summed E-state index contributed by atoms with van der Waals surface area (Å²) in [5.41, 5.74) is 1.96. The van der Waals surface area contributed by atoms with Crippen molar-refractivity contribution in [3.63, 3.8) is 0 Å². The van der Waals surface area contributed by atoms with Crippen LogP contribution in [0, 0.1) is 12.8 Å². The van der Waals surface area contributed by atoms with Crippen LogP contribution in [0.4, 0.5) is 5.69 Å². The summed E-state index contributed by atoms with van der Waals surface area (Å²) in [6, 6.07) is 8.12. The third-order valence-corrected chi connectivity index (χ3v) is 4.36. The molecule has 1 atom stereocenters. The summed E-state index contributed by atoms with van der Waals surface area (Å²) in [5, 5.41) is 2.91. The average Bonchev–Trinajstić information content (AvgIpc) is 2.73. The number of nitrogens with one attached hydrogen (secondary N) is 1. The second kappa shape index (κ2) is 5.27. The average molecular weight is 272 g/mol. The van der Waals surface area contributed by atoms with Crippen molar-refractivity contribution in [3.05, 3.63) is 29.8 Å². The van der Waals surface area contributed by atoms with Crippen molar-refractivity contribution in [2.45, 2.75) is 38.6 Å². The van der Waals surface area contributed by atoms with E-state index >= 15 is 0 Å². The van der Waals surface area contributed by atoms with Crippen molar-refractivity contribution in [1.29, 1.82) is 0 Å². The molecular weight excluding hydrogens is 252 g/mol. The van der Waals surface area contributed by atoms with Gasteiger partial charge in [0.25, 0.3) is 0 Å². The number of rotatable bonds is 3. The highest BCUT2D eigenvalue weighted by Crippen LogP contribution is 2.31. The first-order chi connectivity index (χ1) is 9.63. The van der Waals surface area contributed by atoms with Gasteiger partial charge in [-0.1, -0.05) is 17.7 Å². The molecular formula is C16H20N2O2. The SMILES string of the molecule is Cc1ccc(NC(=O)C2CC(=O)N(C3CCC3)C2)cc1. The summed E-state index contributed by atoms with van der Waals surface area (Å²) < 4.78 is 0. The van der Waals surface area contributed by atoms with Gasteiger partial charge in [-0.05, 0) is 38.3 Å². The number of nitrogens with zero attached hydrogens (tertiary/aromatic N) is 1. The molecule has 2 amide bonds. The van der Waals surface area contributed by atoms with Crippen LogP contribution in [0.2, 0.25) is 0 Å². The van der Waals surface area contributed by atoms with Gasteiger partial charge in [-0.2, -0.15) is 0 Å². The highest BCUT2D eigenvalue weighted by molar-refractivity contribution is 5.97. The molecule has 1 saturated carbocycles. The number of aryl methyl sites for hydroxylation is 1. The molecule has 1 aromatic rings. The largest absolute Gasteiger partial charge is 0.339 e. The summed E-state index contributed by atoms with van der Waals surface area (Å²) in [6.07, 6.45) is 3.75. The topological polar surface area (TPSA) is 49.4 Å². The number of carbonyl (C=O) groups excluding carboxylic acids is 2. The molecule has 4 heteroatoms. The fourth-order valence-corrected chi connectivity index (χ4v) is 2.84. The lowest BCUT2D eigenvalue weighted by Crippen LogP contribution is -2.41. The molecule has 1 saturated heterocycles. The standard InChI is InChI=1S/C16H20N2O2/c1-11-5-7-13(8-6-11)17-16(20)12-9-15(19)18(10-12)14-3-2-4-14/h5-8,12,14H,2-4,9-10H2,1H3,(H,17,20). The Morgan fingerprint density at radius 3 is 2.55 bits per heavy atom. The predicted octanol–water partition coefficient (Wildman–Crippen LogP) is 2.33. The fraction of sp³-hybridized carbons (Fsp3) is 0.500. The van der Waals surface area contributed by atoms with Crippen LogP contribution in [-0.4, -0.2) is 29.3 Å². The van der Waals surface area contributed by atoms with Gasteiger partial charge in [-0.25, -0.2) is 0 Å². The molecule has 1 heterocycles. The molecule has 2 fully saturated rings. The highest BCUT2D eigenvalue weighted by atomic mass is 16.2. The van der Waals surface area contributed by atoms with E-state index in [0.717, 1.165) is 24.1 Å². The van der Waals surface area contributed by atoms with Gasteiger partial charge in [0, 0.05) is 24.7 Å². The maximum absolute atomic E-state index is 12.2. The van der Waals surface area contributed by atoms with Crippen molar-refractivity contribution >= 4 is 17.5 Å². The third-order valence-electron chi connectivity index (χ3n) is 4.36. The molecule has 3 rings (SSSR count). The molecule has 0 radical (unpaired) electrons. The number of anilines is 1. The Morgan fingerprint density at radius 1 is 1.25 bits per heavy atom. The molecule has 1 aromatic carbocycles. The number of hydrogen-bond acceptors (Lipinski definition) is 2. The Kier molecular flexibility index (Phi) is 3.47. The molecule has 1 aliphatic heterocycles. The minimum absolute atomic E-state index is 0.0379. The van der Waals surface area contributed by atoms with E-state index in [4.69, 9.17) is 0 Å². The van der Waals surface area contributed by atoms with E-state index in [0.29, 0.717) is 19.0 Å². The zero-order chi connectivity index (χ0) is 14.1. The van der Waals surface area contributed by atoms with Crippen molar-refractivity contribution in [3.8, 4) is 0 Å². The second-order valence-corrected chi connectivity index (χ2v) is 5.89. The van der Waals surface area contributed by atoms with Crippen LogP contribution < -0.4 is 5.32 Å². The minimum Gasteiger partial charge on any atom is -0.339 e. The van der Waals surface area contributed by atoms with Crippen LogP contribution >= 0.6 is 0 Å². The molecule has 0 spiro atoms. The van der Waals surface area contributed by atoms with Gasteiger partial charge in [0.1, 0.15) is 0 Å². The molecule has 20 heavy (non-hydrogen) atoms. The summed E-state index contributed by atoms with van der Waals surface area (Å²) in [5.74, 6) is -0.104. The van der Waals surface area contributed by atoms with Crippen LogP contribution in [0.15, 0.2) is 24.3 Å². The first-order valence-electron chi connectivity index (χ1n) is 7.30. The van der Waals surface area contributed by atoms with Gasteiger partial charge in [0.05, 0.1) is 5.92 Å². The van der Waals surface area contributed by atoms with E-state index < -0.39 is 0 Å². The van der Waals surface area contributed by atoms with Crippen LogP contribution in [0.1, 0.15) is 31.2 Å². The lowest BCUT2D eigenvalue weighted by atomic mass is 9.92. The second-order valence-electron chi connectivity index (χ2n) is 5.89. The highest BCUT2D eigenvalue weighted by Gasteiger charge is 2.39. The van der Waals surface area contributed by atoms with Gasteiger partial charge in [-0.15, -0.1) is 0 Å². The number of carbonyl (C=O) groups is 2. The Balaban J connectivity index is 1.60. The maximum atomic E-state index is 12.2. The van der Waals surface area contributed by atoms with Gasteiger partial charge >= 0.3 is 0 Å². The molecule has 0 bridgehead atoms. The van der Waals surface area contributed by atoms with Gasteiger partial charge in [0.15, 0.2) is 0 Å². The molecule has 1 aliphatic carbocycles. The Bertz CT molecular complexity index is 520. The van der Waals surface area contributed by atoms with E-state index in [-0.39, 0.29) is 17.7 Å². The predicted molar refractivity (Wildman–Crippen MR) is 77.3 cm³/mol. The van der Waals surface area contributed by atoms with Crippen molar-refractivity contribution in [2.24, 2.45) is 5.92 Å². The van der Waals surface area contributed by atoms with E-state index in [2.05, 4.69) is 5.32 Å². The molecule has 2 aliphatic rings. The Morgan fingerprint density at radius 2 is 1.95 bits per heavy atom. The smallest absolute Gasteiger partial charge is 0.229 e. The summed E-state index contributed by atoms with van der Waals surface area (Å²) in [6.45, 7) is 2.60. The zero-order valence-corrected chi connectivity index (χ0v) is 11.8. The zero-order valence-electron chi connectivity index (χ0n) is 11.8. The molecule has 4 nitrogen and oxygen atoms in total. The van der Waals surface area contributed by atoms with Crippen LogP contribution in [0.3, 0.4) is 0 Å². The van der Waals surface area contributed by atoms with Gasteiger partial charge < -0.3 is 10.2 Å². The Labute approximate surface area is 119 Å². The first kappa shape index (κ1) is 13.2. The van der Waals surface area contributed by atoms with E-state index in [1.165, 1.54) is 6.42 Å². The lowest BCUT2D eigenvalue weighted by molar-refractivity contribution is -0.131. The monoisotopic (exact) mass is 272 g/mol. The van der Waals surface area contributed by atoms with Gasteiger partial charge in [0.2, 0.25) is 11.8 Å². The maximum Gasteiger partial charge on any atom is 0.229 e. The van der Waals surface area contributed by atoms with E-state index in [1.807, 2.05) is 36.1 Å². The normalized spacial score (nSPS) is 22.8. The Hall–Kier alpha value is -1.84. The molecule has 1 N–H and O–H groups in total. The summed E-state index contributed by atoms with van der Waals surface area (Å²) >= 11 is 0. The van der Waals surface area contributed by atoms with Gasteiger partial charge in [-0.3, -0.25) is 9.59 Å². The van der Waals surface area contributed by atoms with Crippen molar-refractivity contribution < 1.29 is 9.59 Å².